The molecule has 148 valence electrons. The van der Waals surface area contributed by atoms with Gasteiger partial charge in [-0.05, 0) is 49.7 Å². The first-order chi connectivity index (χ1) is 13.4. The molecule has 0 atom stereocenters. The minimum atomic E-state index is -0.454. The highest BCUT2D eigenvalue weighted by Gasteiger charge is 2.28. The quantitative estimate of drug-likeness (QED) is 0.810. The molecule has 0 saturated carbocycles. The molecule has 1 fully saturated rings. The fourth-order valence-electron chi connectivity index (χ4n) is 3.16. The Hall–Kier alpha value is -3.16. The minimum Gasteiger partial charge on any atom is -0.450 e. The van der Waals surface area contributed by atoms with Gasteiger partial charge in [0.1, 0.15) is 11.4 Å². The molecule has 28 heavy (non-hydrogen) atoms. The molecule has 8 heteroatoms. The van der Waals surface area contributed by atoms with E-state index in [0.717, 1.165) is 0 Å². The molecule has 1 aliphatic heterocycles. The van der Waals surface area contributed by atoms with E-state index in [1.54, 1.807) is 35.9 Å². The van der Waals surface area contributed by atoms with Crippen LogP contribution >= 0.6 is 0 Å². The van der Waals surface area contributed by atoms with Gasteiger partial charge in [0.05, 0.1) is 6.61 Å². The van der Waals surface area contributed by atoms with Gasteiger partial charge in [-0.3, -0.25) is 14.2 Å². The molecule has 2 amide bonds. The van der Waals surface area contributed by atoms with Crippen molar-refractivity contribution in [3.8, 4) is 5.69 Å². The molecule has 0 unspecified atom stereocenters. The lowest BCUT2D eigenvalue weighted by Gasteiger charge is -2.34. The molecule has 7 nitrogen and oxygen atoms in total. The maximum Gasteiger partial charge on any atom is 0.409 e. The van der Waals surface area contributed by atoms with Gasteiger partial charge in [0.2, 0.25) is 0 Å². The molecule has 1 aromatic heterocycles. The summed E-state index contributed by atoms with van der Waals surface area (Å²) in [7, 11) is 0. The van der Waals surface area contributed by atoms with Crippen LogP contribution in [-0.2, 0) is 4.74 Å². The summed E-state index contributed by atoms with van der Waals surface area (Å²) >= 11 is 0. The zero-order chi connectivity index (χ0) is 20.3. The fourth-order valence-corrected chi connectivity index (χ4v) is 3.16. The smallest absolute Gasteiger partial charge is 0.409 e. The van der Waals surface area contributed by atoms with Gasteiger partial charge >= 0.3 is 6.09 Å². The van der Waals surface area contributed by atoms with Crippen molar-refractivity contribution < 1.29 is 18.7 Å². The van der Waals surface area contributed by atoms with E-state index in [1.807, 2.05) is 0 Å². The number of aromatic nitrogens is 1. The first kappa shape index (κ1) is 19.6. The van der Waals surface area contributed by atoms with E-state index in [-0.39, 0.29) is 11.5 Å². The van der Waals surface area contributed by atoms with Gasteiger partial charge in [0.25, 0.3) is 11.5 Å². The van der Waals surface area contributed by atoms with E-state index in [4.69, 9.17) is 4.74 Å². The first-order valence-electron chi connectivity index (χ1n) is 9.11. The third kappa shape index (κ3) is 3.90. The number of ether oxygens (including phenoxy) is 1. The standard InChI is InChI=1S/C20H22FN3O4/c1-3-28-20(27)23-12-10-22(11-13-23)18(25)17-14(2)8-9-24(19(17)26)16-6-4-15(21)5-7-16/h4-9H,3,10-13H2,1-2H3. The lowest BCUT2D eigenvalue weighted by molar-refractivity contribution is 0.0568. The van der Waals surface area contributed by atoms with E-state index in [9.17, 15) is 18.8 Å². The van der Waals surface area contributed by atoms with Crippen LogP contribution < -0.4 is 5.56 Å². The Morgan fingerprint density at radius 1 is 1.04 bits per heavy atom. The van der Waals surface area contributed by atoms with Crippen LogP contribution in [0.4, 0.5) is 9.18 Å². The number of carbonyl (C=O) groups excluding carboxylic acids is 2. The second kappa shape index (κ2) is 8.24. The molecule has 2 heterocycles. The highest BCUT2D eigenvalue weighted by molar-refractivity contribution is 5.95. The number of piperazine rings is 1. The summed E-state index contributed by atoms with van der Waals surface area (Å²) in [5, 5.41) is 0. The van der Waals surface area contributed by atoms with Crippen LogP contribution in [0.2, 0.25) is 0 Å². The van der Waals surface area contributed by atoms with E-state index < -0.39 is 17.5 Å². The van der Waals surface area contributed by atoms with Crippen molar-refractivity contribution in [3.05, 3.63) is 63.8 Å². The maximum atomic E-state index is 13.2. The van der Waals surface area contributed by atoms with Gasteiger partial charge < -0.3 is 14.5 Å². The number of aryl methyl sites for hydroxylation is 1. The molecular formula is C20H22FN3O4. The molecule has 1 aromatic carbocycles. The largest absolute Gasteiger partial charge is 0.450 e. The van der Waals surface area contributed by atoms with Crippen LogP contribution in [0.25, 0.3) is 5.69 Å². The predicted octanol–water partition coefficient (Wildman–Crippen LogP) is 2.20. The van der Waals surface area contributed by atoms with Crippen molar-refractivity contribution in [2.45, 2.75) is 13.8 Å². The topological polar surface area (TPSA) is 71.8 Å². The second-order valence-electron chi connectivity index (χ2n) is 6.50. The normalized spacial score (nSPS) is 14.1. The summed E-state index contributed by atoms with van der Waals surface area (Å²) in [6.07, 6.45) is 1.17. The highest BCUT2D eigenvalue weighted by Crippen LogP contribution is 2.13. The molecule has 0 spiro atoms. The lowest BCUT2D eigenvalue weighted by atomic mass is 10.1. The van der Waals surface area contributed by atoms with Gasteiger partial charge in [0, 0.05) is 38.1 Å². The number of benzene rings is 1. The summed E-state index contributed by atoms with van der Waals surface area (Å²) < 4.78 is 19.5. The molecular weight excluding hydrogens is 365 g/mol. The molecule has 0 radical (unpaired) electrons. The van der Waals surface area contributed by atoms with Crippen molar-refractivity contribution in [3.63, 3.8) is 0 Å². The van der Waals surface area contributed by atoms with Crippen molar-refractivity contribution in [2.24, 2.45) is 0 Å². The number of halogens is 1. The van der Waals surface area contributed by atoms with Gasteiger partial charge in [-0.15, -0.1) is 0 Å². The first-order valence-corrected chi connectivity index (χ1v) is 9.11. The number of carbonyl (C=O) groups is 2. The van der Waals surface area contributed by atoms with Gasteiger partial charge in [-0.2, -0.15) is 0 Å². The Morgan fingerprint density at radius 2 is 1.64 bits per heavy atom. The number of nitrogens with zero attached hydrogens (tertiary/aromatic N) is 3. The van der Waals surface area contributed by atoms with Crippen LogP contribution in [0.1, 0.15) is 22.8 Å². The SMILES string of the molecule is CCOC(=O)N1CCN(C(=O)c2c(C)ccn(-c3ccc(F)cc3)c2=O)CC1. The van der Waals surface area contributed by atoms with Crippen molar-refractivity contribution in [1.82, 2.24) is 14.4 Å². The zero-order valence-corrected chi connectivity index (χ0v) is 15.9. The number of hydrogen-bond acceptors (Lipinski definition) is 4. The zero-order valence-electron chi connectivity index (χ0n) is 15.9. The summed E-state index contributed by atoms with van der Waals surface area (Å²) in [6.45, 7) is 5.08. The average Bonchev–Trinajstić information content (AvgIpc) is 2.69. The molecule has 0 N–H and O–H groups in total. The fraction of sp³-hybridized carbons (Fsp3) is 0.350. The number of hydrogen-bond donors (Lipinski definition) is 0. The summed E-state index contributed by atoms with van der Waals surface area (Å²) in [6, 6.07) is 7.18. The number of rotatable bonds is 3. The average molecular weight is 387 g/mol. The number of amides is 2. The van der Waals surface area contributed by atoms with Gasteiger partial charge in [-0.1, -0.05) is 0 Å². The van der Waals surface area contributed by atoms with E-state index >= 15 is 0 Å². The van der Waals surface area contributed by atoms with Crippen molar-refractivity contribution in [2.75, 3.05) is 32.8 Å². The van der Waals surface area contributed by atoms with Crippen LogP contribution in [0, 0.1) is 12.7 Å². The summed E-state index contributed by atoms with van der Waals surface area (Å²) in [5.41, 5.74) is 0.676. The maximum absolute atomic E-state index is 13.2. The molecule has 1 aliphatic rings. The Kier molecular flexibility index (Phi) is 5.77. The Morgan fingerprint density at radius 3 is 2.25 bits per heavy atom. The monoisotopic (exact) mass is 387 g/mol. The van der Waals surface area contributed by atoms with E-state index in [0.29, 0.717) is 44.0 Å². The van der Waals surface area contributed by atoms with Gasteiger partial charge in [-0.25, -0.2) is 9.18 Å². The molecule has 3 rings (SSSR count). The summed E-state index contributed by atoms with van der Waals surface area (Å²) in [4.78, 5) is 40.9. The molecule has 0 bridgehead atoms. The van der Waals surface area contributed by atoms with Crippen molar-refractivity contribution >= 4 is 12.0 Å². The molecule has 1 saturated heterocycles. The highest BCUT2D eigenvalue weighted by atomic mass is 19.1. The van der Waals surface area contributed by atoms with Crippen LogP contribution in [0.5, 0.6) is 0 Å². The predicted molar refractivity (Wildman–Crippen MR) is 101 cm³/mol. The second-order valence-corrected chi connectivity index (χ2v) is 6.50. The molecule has 0 aliphatic carbocycles. The van der Waals surface area contributed by atoms with E-state index in [1.165, 1.54) is 28.8 Å². The Balaban J connectivity index is 1.83. The molecule has 2 aromatic rings. The lowest BCUT2D eigenvalue weighted by Crippen LogP contribution is -2.51. The third-order valence-electron chi connectivity index (χ3n) is 4.71. The van der Waals surface area contributed by atoms with Crippen LogP contribution in [0.3, 0.4) is 0 Å². The van der Waals surface area contributed by atoms with E-state index in [2.05, 4.69) is 0 Å². The Labute approximate surface area is 161 Å². The van der Waals surface area contributed by atoms with Crippen LogP contribution in [-0.4, -0.2) is 59.2 Å². The summed E-state index contributed by atoms with van der Waals surface area (Å²) in [5.74, 6) is -0.776. The minimum absolute atomic E-state index is 0.0800. The Bertz CT molecular complexity index is 931. The van der Waals surface area contributed by atoms with Crippen molar-refractivity contribution in [1.29, 1.82) is 0 Å². The number of pyridine rings is 1. The van der Waals surface area contributed by atoms with Gasteiger partial charge in [0.15, 0.2) is 0 Å². The third-order valence-corrected chi connectivity index (χ3v) is 4.71. The van der Waals surface area contributed by atoms with Crippen LogP contribution in [0.15, 0.2) is 41.3 Å².